The lowest BCUT2D eigenvalue weighted by Gasteiger charge is -2.32. The van der Waals surface area contributed by atoms with Crippen molar-refractivity contribution >= 4 is 5.91 Å². The van der Waals surface area contributed by atoms with Crippen molar-refractivity contribution in [1.82, 2.24) is 15.5 Å². The molecule has 0 aliphatic carbocycles. The average Bonchev–Trinajstić information content (AvgIpc) is 2.32. The van der Waals surface area contributed by atoms with Gasteiger partial charge in [-0.3, -0.25) is 4.79 Å². The van der Waals surface area contributed by atoms with Crippen LogP contribution < -0.4 is 10.6 Å². The van der Waals surface area contributed by atoms with Gasteiger partial charge in [-0.25, -0.2) is 0 Å². The summed E-state index contributed by atoms with van der Waals surface area (Å²) in [5.41, 5.74) is 0. The number of hydrogen-bond acceptors (Lipinski definition) is 3. The summed E-state index contributed by atoms with van der Waals surface area (Å²) in [7, 11) is 2.13. The normalized spacial score (nSPS) is 34.2. The van der Waals surface area contributed by atoms with Gasteiger partial charge in [0.25, 0.3) is 0 Å². The van der Waals surface area contributed by atoms with Gasteiger partial charge >= 0.3 is 0 Å². The molecule has 104 valence electrons. The van der Waals surface area contributed by atoms with E-state index in [1.807, 2.05) is 0 Å². The van der Waals surface area contributed by atoms with Crippen molar-refractivity contribution in [1.29, 1.82) is 0 Å². The standard InChI is InChI=1S/C14H27N3O/c1-11-5-3-7-15-13(11)9-14(18)16-12-6-4-8-17(2)10-12/h11-13,15H,3-10H2,1-2H3,(H,16,18). The van der Waals surface area contributed by atoms with Crippen LogP contribution in [0, 0.1) is 5.92 Å². The number of likely N-dealkylation sites (N-methyl/N-ethyl adjacent to an activating group) is 1. The fourth-order valence-corrected chi connectivity index (χ4v) is 3.16. The van der Waals surface area contributed by atoms with Gasteiger partial charge in [0.1, 0.15) is 0 Å². The maximum atomic E-state index is 12.1. The van der Waals surface area contributed by atoms with Crippen LogP contribution in [0.4, 0.5) is 0 Å². The molecule has 2 aliphatic rings. The summed E-state index contributed by atoms with van der Waals surface area (Å²) in [5, 5.41) is 6.67. The lowest BCUT2D eigenvalue weighted by molar-refractivity contribution is -0.123. The van der Waals surface area contributed by atoms with E-state index < -0.39 is 0 Å². The molecule has 0 aromatic carbocycles. The van der Waals surface area contributed by atoms with Crippen molar-refractivity contribution in [2.45, 2.75) is 51.1 Å². The third kappa shape index (κ3) is 3.95. The Labute approximate surface area is 110 Å². The Morgan fingerprint density at radius 2 is 2.22 bits per heavy atom. The first-order valence-corrected chi connectivity index (χ1v) is 7.36. The Bertz CT molecular complexity index is 282. The first-order valence-electron chi connectivity index (χ1n) is 7.36. The van der Waals surface area contributed by atoms with Crippen LogP contribution in [0.15, 0.2) is 0 Å². The zero-order chi connectivity index (χ0) is 13.0. The number of amides is 1. The van der Waals surface area contributed by atoms with Gasteiger partial charge in [-0.1, -0.05) is 6.92 Å². The molecule has 4 nitrogen and oxygen atoms in total. The molecule has 0 bridgehead atoms. The van der Waals surface area contributed by atoms with Crippen molar-refractivity contribution in [2.24, 2.45) is 5.92 Å². The van der Waals surface area contributed by atoms with Crippen LogP contribution in [0.1, 0.15) is 39.0 Å². The summed E-state index contributed by atoms with van der Waals surface area (Å²) in [6.45, 7) is 5.47. The second-order valence-corrected chi connectivity index (χ2v) is 6.05. The van der Waals surface area contributed by atoms with Gasteiger partial charge in [-0.05, 0) is 51.7 Å². The van der Waals surface area contributed by atoms with Gasteiger partial charge in [-0.2, -0.15) is 0 Å². The van der Waals surface area contributed by atoms with Gasteiger partial charge in [0.15, 0.2) is 0 Å². The van der Waals surface area contributed by atoms with Gasteiger partial charge in [-0.15, -0.1) is 0 Å². The number of piperidine rings is 2. The summed E-state index contributed by atoms with van der Waals surface area (Å²) in [6, 6.07) is 0.732. The highest BCUT2D eigenvalue weighted by Crippen LogP contribution is 2.18. The first-order chi connectivity index (χ1) is 8.65. The van der Waals surface area contributed by atoms with E-state index in [1.165, 1.54) is 19.3 Å². The fourth-order valence-electron chi connectivity index (χ4n) is 3.16. The van der Waals surface area contributed by atoms with Crippen molar-refractivity contribution in [3.05, 3.63) is 0 Å². The van der Waals surface area contributed by atoms with Crippen molar-refractivity contribution in [3.63, 3.8) is 0 Å². The van der Waals surface area contributed by atoms with Crippen LogP contribution in [-0.2, 0) is 4.79 Å². The smallest absolute Gasteiger partial charge is 0.221 e. The second-order valence-electron chi connectivity index (χ2n) is 6.05. The molecule has 3 atom stereocenters. The number of likely N-dealkylation sites (tertiary alicyclic amines) is 1. The predicted molar refractivity (Wildman–Crippen MR) is 73.5 cm³/mol. The maximum Gasteiger partial charge on any atom is 0.221 e. The summed E-state index contributed by atoms with van der Waals surface area (Å²) in [5.74, 6) is 0.847. The van der Waals surface area contributed by atoms with E-state index in [0.29, 0.717) is 24.4 Å². The Morgan fingerprint density at radius 1 is 1.39 bits per heavy atom. The van der Waals surface area contributed by atoms with Crippen LogP contribution in [0.5, 0.6) is 0 Å². The highest BCUT2D eigenvalue weighted by Gasteiger charge is 2.25. The number of nitrogens with one attached hydrogen (secondary N) is 2. The quantitative estimate of drug-likeness (QED) is 0.788. The highest BCUT2D eigenvalue weighted by molar-refractivity contribution is 5.77. The van der Waals surface area contributed by atoms with Gasteiger partial charge in [0.2, 0.25) is 5.91 Å². The molecule has 0 aromatic rings. The van der Waals surface area contributed by atoms with E-state index in [1.54, 1.807) is 0 Å². The van der Waals surface area contributed by atoms with E-state index in [9.17, 15) is 4.79 Å². The number of hydrogen-bond donors (Lipinski definition) is 2. The third-order valence-electron chi connectivity index (χ3n) is 4.32. The van der Waals surface area contributed by atoms with E-state index in [2.05, 4.69) is 29.5 Å². The number of nitrogens with zero attached hydrogens (tertiary/aromatic N) is 1. The van der Waals surface area contributed by atoms with Crippen LogP contribution >= 0.6 is 0 Å². The van der Waals surface area contributed by atoms with Crippen molar-refractivity contribution in [2.75, 3.05) is 26.7 Å². The largest absolute Gasteiger partial charge is 0.352 e. The molecule has 0 spiro atoms. The maximum absolute atomic E-state index is 12.1. The van der Waals surface area contributed by atoms with E-state index in [-0.39, 0.29) is 5.91 Å². The van der Waals surface area contributed by atoms with Gasteiger partial charge in [0.05, 0.1) is 0 Å². The minimum absolute atomic E-state index is 0.224. The highest BCUT2D eigenvalue weighted by atomic mass is 16.1. The van der Waals surface area contributed by atoms with E-state index in [0.717, 1.165) is 26.1 Å². The number of carbonyl (C=O) groups excluding carboxylic acids is 1. The van der Waals surface area contributed by atoms with Crippen molar-refractivity contribution in [3.8, 4) is 0 Å². The second kappa shape index (κ2) is 6.53. The van der Waals surface area contributed by atoms with Gasteiger partial charge < -0.3 is 15.5 Å². The molecule has 1 amide bonds. The minimum atomic E-state index is 0.224. The molecule has 18 heavy (non-hydrogen) atoms. The summed E-state index contributed by atoms with van der Waals surface area (Å²) in [4.78, 5) is 14.4. The summed E-state index contributed by atoms with van der Waals surface area (Å²) in [6.07, 6.45) is 5.45. The van der Waals surface area contributed by atoms with Crippen LogP contribution in [0.25, 0.3) is 0 Å². The van der Waals surface area contributed by atoms with Crippen LogP contribution in [0.3, 0.4) is 0 Å². The minimum Gasteiger partial charge on any atom is -0.352 e. The number of rotatable bonds is 3. The lowest BCUT2D eigenvalue weighted by Crippen LogP contribution is -2.49. The van der Waals surface area contributed by atoms with Gasteiger partial charge in [0, 0.05) is 25.0 Å². The Morgan fingerprint density at radius 3 is 2.94 bits per heavy atom. The first kappa shape index (κ1) is 13.8. The SMILES string of the molecule is CC1CCCNC1CC(=O)NC1CCCN(C)C1. The zero-order valence-electron chi connectivity index (χ0n) is 11.7. The topological polar surface area (TPSA) is 44.4 Å². The average molecular weight is 253 g/mol. The Balaban J connectivity index is 1.74. The van der Waals surface area contributed by atoms with E-state index >= 15 is 0 Å². The van der Waals surface area contributed by atoms with Crippen molar-refractivity contribution < 1.29 is 4.79 Å². The molecule has 3 unspecified atom stereocenters. The molecule has 2 fully saturated rings. The number of carbonyl (C=O) groups is 1. The van der Waals surface area contributed by atoms with Crippen LogP contribution in [-0.4, -0.2) is 49.6 Å². The third-order valence-corrected chi connectivity index (χ3v) is 4.32. The molecule has 2 aliphatic heterocycles. The molecule has 0 radical (unpaired) electrons. The molecule has 2 heterocycles. The fraction of sp³-hybridized carbons (Fsp3) is 0.929. The molecule has 2 N–H and O–H groups in total. The Hall–Kier alpha value is -0.610. The van der Waals surface area contributed by atoms with E-state index in [4.69, 9.17) is 0 Å². The zero-order valence-corrected chi connectivity index (χ0v) is 11.7. The van der Waals surface area contributed by atoms with Crippen LogP contribution in [0.2, 0.25) is 0 Å². The molecule has 2 saturated heterocycles. The molecular weight excluding hydrogens is 226 g/mol. The lowest BCUT2D eigenvalue weighted by atomic mass is 9.90. The predicted octanol–water partition coefficient (Wildman–Crippen LogP) is 0.975. The molecule has 4 heteroatoms. The molecule has 0 saturated carbocycles. The summed E-state index contributed by atoms with van der Waals surface area (Å²) >= 11 is 0. The molecule has 2 rings (SSSR count). The molecular formula is C14H27N3O. The molecule has 0 aromatic heterocycles. The Kier molecular flexibility index (Phi) is 5.01. The summed E-state index contributed by atoms with van der Waals surface area (Å²) < 4.78 is 0. The monoisotopic (exact) mass is 253 g/mol.